The van der Waals surface area contributed by atoms with E-state index in [-0.39, 0.29) is 5.91 Å². The van der Waals surface area contributed by atoms with Crippen molar-refractivity contribution >= 4 is 22.5 Å². The van der Waals surface area contributed by atoms with Crippen LogP contribution in [0.25, 0.3) is 10.9 Å². The molecule has 0 aliphatic carbocycles. The van der Waals surface area contributed by atoms with Gasteiger partial charge in [0, 0.05) is 23.4 Å². The second kappa shape index (κ2) is 8.01. The molecular weight excluding hydrogens is 348 g/mol. The van der Waals surface area contributed by atoms with Crippen LogP contribution < -0.4 is 10.1 Å². The molecule has 4 aromatic rings. The predicted octanol–water partition coefficient (Wildman–Crippen LogP) is 4.88. The van der Waals surface area contributed by atoms with Gasteiger partial charge in [0.05, 0.1) is 13.5 Å². The molecule has 0 saturated carbocycles. The number of anilines is 1. The summed E-state index contributed by atoms with van der Waals surface area (Å²) >= 11 is 0. The summed E-state index contributed by atoms with van der Waals surface area (Å²) in [6, 6.07) is 28.0. The van der Waals surface area contributed by atoms with E-state index in [1.165, 1.54) is 5.56 Å². The van der Waals surface area contributed by atoms with Gasteiger partial charge in [-0.15, -0.1) is 0 Å². The Morgan fingerprint density at radius 2 is 1.64 bits per heavy atom. The molecule has 0 unspecified atom stereocenters. The van der Waals surface area contributed by atoms with Crippen LogP contribution >= 0.6 is 0 Å². The first-order valence-electron chi connectivity index (χ1n) is 9.28. The van der Waals surface area contributed by atoms with Crippen LogP contribution in [0.15, 0.2) is 84.9 Å². The average molecular weight is 370 g/mol. The van der Waals surface area contributed by atoms with Gasteiger partial charge in [0.25, 0.3) is 0 Å². The van der Waals surface area contributed by atoms with Gasteiger partial charge in [0.2, 0.25) is 5.91 Å². The smallest absolute Gasteiger partial charge is 0.230 e. The van der Waals surface area contributed by atoms with E-state index >= 15 is 0 Å². The van der Waals surface area contributed by atoms with Crippen LogP contribution in [0.2, 0.25) is 0 Å². The Bertz CT molecular complexity index is 1080. The number of amides is 1. The normalized spacial score (nSPS) is 10.8. The number of aromatic nitrogens is 1. The number of benzene rings is 3. The summed E-state index contributed by atoms with van der Waals surface area (Å²) in [6.07, 6.45) is 0.313. The number of ether oxygens (including phenoxy) is 1. The molecule has 1 heterocycles. The van der Waals surface area contributed by atoms with Gasteiger partial charge in [-0.1, -0.05) is 48.5 Å². The SMILES string of the molecule is COc1ccc(NC(=O)Cc2cc3ccccc3n2Cc2ccccc2)cc1. The van der Waals surface area contributed by atoms with Crippen LogP contribution in [-0.2, 0) is 17.8 Å². The molecule has 0 spiro atoms. The molecule has 0 aliphatic heterocycles. The van der Waals surface area contributed by atoms with Crippen LogP contribution in [0.3, 0.4) is 0 Å². The van der Waals surface area contributed by atoms with Crippen molar-refractivity contribution in [3.05, 3.63) is 96.2 Å². The summed E-state index contributed by atoms with van der Waals surface area (Å²) in [6.45, 7) is 0.736. The molecule has 1 aromatic heterocycles. The number of rotatable bonds is 6. The molecule has 4 heteroatoms. The van der Waals surface area contributed by atoms with Gasteiger partial charge in [0.15, 0.2) is 0 Å². The molecule has 1 amide bonds. The lowest BCUT2D eigenvalue weighted by Gasteiger charge is -2.12. The third kappa shape index (κ3) is 3.91. The number of carbonyl (C=O) groups excluding carboxylic acids is 1. The monoisotopic (exact) mass is 370 g/mol. The van der Waals surface area contributed by atoms with E-state index in [0.29, 0.717) is 6.42 Å². The van der Waals surface area contributed by atoms with Gasteiger partial charge in [-0.05, 0) is 47.3 Å². The Labute approximate surface area is 164 Å². The maximum absolute atomic E-state index is 12.7. The number of fused-ring (bicyclic) bond motifs is 1. The zero-order valence-corrected chi connectivity index (χ0v) is 15.8. The van der Waals surface area contributed by atoms with Crippen molar-refractivity contribution in [2.75, 3.05) is 12.4 Å². The average Bonchev–Trinajstić information content (AvgIpc) is 3.06. The van der Waals surface area contributed by atoms with E-state index in [2.05, 4.69) is 40.2 Å². The van der Waals surface area contributed by atoms with Crippen LogP contribution in [0.4, 0.5) is 5.69 Å². The molecule has 0 fully saturated rings. The van der Waals surface area contributed by atoms with Gasteiger partial charge >= 0.3 is 0 Å². The lowest BCUT2D eigenvalue weighted by Crippen LogP contribution is -2.17. The zero-order chi connectivity index (χ0) is 19.3. The van der Waals surface area contributed by atoms with Crippen LogP contribution in [-0.4, -0.2) is 17.6 Å². The molecule has 4 nitrogen and oxygen atoms in total. The topological polar surface area (TPSA) is 43.3 Å². The fourth-order valence-electron chi connectivity index (χ4n) is 3.41. The lowest BCUT2D eigenvalue weighted by molar-refractivity contribution is -0.115. The molecule has 28 heavy (non-hydrogen) atoms. The van der Waals surface area contributed by atoms with Crippen molar-refractivity contribution in [3.8, 4) is 5.75 Å². The molecular formula is C24H22N2O2. The van der Waals surface area contributed by atoms with Crippen LogP contribution in [0.1, 0.15) is 11.3 Å². The summed E-state index contributed by atoms with van der Waals surface area (Å²) < 4.78 is 7.38. The fraction of sp³-hybridized carbons (Fsp3) is 0.125. The maximum atomic E-state index is 12.7. The van der Waals surface area contributed by atoms with Crippen molar-refractivity contribution in [2.45, 2.75) is 13.0 Å². The van der Waals surface area contributed by atoms with Crippen LogP contribution in [0, 0.1) is 0 Å². The minimum absolute atomic E-state index is 0.0396. The minimum atomic E-state index is -0.0396. The summed E-state index contributed by atoms with van der Waals surface area (Å²) in [5.41, 5.74) is 4.10. The number of nitrogens with one attached hydrogen (secondary N) is 1. The summed E-state index contributed by atoms with van der Waals surface area (Å²) in [7, 11) is 1.62. The summed E-state index contributed by atoms with van der Waals surface area (Å²) in [5.74, 6) is 0.725. The van der Waals surface area contributed by atoms with Crippen LogP contribution in [0.5, 0.6) is 5.75 Å². The highest BCUT2D eigenvalue weighted by atomic mass is 16.5. The largest absolute Gasteiger partial charge is 0.497 e. The Balaban J connectivity index is 1.58. The molecule has 0 atom stereocenters. The Morgan fingerprint density at radius 3 is 2.39 bits per heavy atom. The molecule has 0 radical (unpaired) electrons. The molecule has 0 aliphatic rings. The molecule has 3 aromatic carbocycles. The van der Waals surface area contributed by atoms with E-state index in [9.17, 15) is 4.79 Å². The third-order valence-electron chi connectivity index (χ3n) is 4.80. The molecule has 0 bridgehead atoms. The highest BCUT2D eigenvalue weighted by Crippen LogP contribution is 2.22. The Morgan fingerprint density at radius 1 is 0.929 bits per heavy atom. The number of carbonyl (C=O) groups is 1. The van der Waals surface area contributed by atoms with Gasteiger partial charge in [0.1, 0.15) is 5.75 Å². The van der Waals surface area contributed by atoms with Crippen molar-refractivity contribution in [1.82, 2.24) is 4.57 Å². The van der Waals surface area contributed by atoms with E-state index in [0.717, 1.165) is 34.6 Å². The molecule has 0 saturated heterocycles. The second-order valence-electron chi connectivity index (χ2n) is 6.72. The number of methoxy groups -OCH3 is 1. The standard InChI is InChI=1S/C24H22N2O2/c1-28-22-13-11-20(12-14-22)25-24(27)16-21-15-19-9-5-6-10-23(19)26(21)17-18-7-3-2-4-8-18/h2-15H,16-17H2,1H3,(H,25,27). The molecule has 140 valence electrons. The van der Waals surface area contributed by atoms with Crippen molar-refractivity contribution in [1.29, 1.82) is 0 Å². The van der Waals surface area contributed by atoms with E-state index in [1.54, 1.807) is 7.11 Å². The summed E-state index contributed by atoms with van der Waals surface area (Å²) in [5, 5.41) is 4.11. The van der Waals surface area contributed by atoms with Crippen molar-refractivity contribution < 1.29 is 9.53 Å². The zero-order valence-electron chi connectivity index (χ0n) is 15.8. The molecule has 1 N–H and O–H groups in total. The number of para-hydroxylation sites is 1. The van der Waals surface area contributed by atoms with Crippen molar-refractivity contribution in [3.63, 3.8) is 0 Å². The Hall–Kier alpha value is -3.53. The number of nitrogens with zero attached hydrogens (tertiary/aromatic N) is 1. The van der Waals surface area contributed by atoms with E-state index in [1.807, 2.05) is 54.6 Å². The third-order valence-corrected chi connectivity index (χ3v) is 4.80. The van der Waals surface area contributed by atoms with Gasteiger partial charge in [-0.25, -0.2) is 0 Å². The predicted molar refractivity (Wildman–Crippen MR) is 113 cm³/mol. The van der Waals surface area contributed by atoms with Gasteiger partial charge in [-0.3, -0.25) is 4.79 Å². The second-order valence-corrected chi connectivity index (χ2v) is 6.72. The van der Waals surface area contributed by atoms with Gasteiger partial charge in [-0.2, -0.15) is 0 Å². The number of hydrogen-bond acceptors (Lipinski definition) is 2. The highest BCUT2D eigenvalue weighted by molar-refractivity contribution is 5.93. The highest BCUT2D eigenvalue weighted by Gasteiger charge is 2.13. The fourth-order valence-corrected chi connectivity index (χ4v) is 3.41. The minimum Gasteiger partial charge on any atom is -0.497 e. The summed E-state index contributed by atoms with van der Waals surface area (Å²) in [4.78, 5) is 12.7. The number of hydrogen-bond donors (Lipinski definition) is 1. The van der Waals surface area contributed by atoms with Gasteiger partial charge < -0.3 is 14.6 Å². The van der Waals surface area contributed by atoms with E-state index < -0.39 is 0 Å². The Kier molecular flexibility index (Phi) is 5.11. The maximum Gasteiger partial charge on any atom is 0.230 e. The molecule has 4 rings (SSSR count). The quantitative estimate of drug-likeness (QED) is 0.526. The first-order chi connectivity index (χ1) is 13.7. The van der Waals surface area contributed by atoms with Crippen molar-refractivity contribution in [2.24, 2.45) is 0 Å². The first-order valence-corrected chi connectivity index (χ1v) is 9.28. The first kappa shape index (κ1) is 17.9. The van der Waals surface area contributed by atoms with E-state index in [4.69, 9.17) is 4.74 Å². The lowest BCUT2D eigenvalue weighted by atomic mass is 10.2.